The van der Waals surface area contributed by atoms with Gasteiger partial charge in [0.2, 0.25) is 0 Å². The number of carbonyl (C=O) groups is 1. The van der Waals surface area contributed by atoms with Crippen molar-refractivity contribution in [2.24, 2.45) is 0 Å². The van der Waals surface area contributed by atoms with Gasteiger partial charge in [-0.1, -0.05) is 28.1 Å². The lowest BCUT2D eigenvalue weighted by atomic mass is 10.1. The third-order valence-corrected chi connectivity index (χ3v) is 3.10. The molecule has 2 aromatic rings. The first kappa shape index (κ1) is 14.2. The number of ether oxygens (including phenoxy) is 1. The molecule has 0 bridgehead atoms. The van der Waals surface area contributed by atoms with Gasteiger partial charge in [-0.15, -0.1) is 0 Å². The van der Waals surface area contributed by atoms with Crippen molar-refractivity contribution < 1.29 is 13.9 Å². The summed E-state index contributed by atoms with van der Waals surface area (Å²) in [6.07, 6.45) is 0. The first-order valence-corrected chi connectivity index (χ1v) is 6.50. The number of nitrogens with zero attached hydrogens (tertiary/aromatic N) is 1. The van der Waals surface area contributed by atoms with Crippen LogP contribution in [-0.2, 0) is 11.3 Å². The van der Waals surface area contributed by atoms with Crippen LogP contribution in [0.15, 0.2) is 46.9 Å². The summed E-state index contributed by atoms with van der Waals surface area (Å²) >= 11 is 3.12. The van der Waals surface area contributed by atoms with Crippen molar-refractivity contribution in [2.45, 2.75) is 6.61 Å². The van der Waals surface area contributed by atoms with Crippen LogP contribution in [0.2, 0.25) is 0 Å². The fraction of sp³-hybridized carbons (Fsp3) is 0.0667. The van der Waals surface area contributed by atoms with Crippen molar-refractivity contribution >= 4 is 21.9 Å². The van der Waals surface area contributed by atoms with Gasteiger partial charge < -0.3 is 4.74 Å². The molecular formula is C15H9BrFNO2. The van der Waals surface area contributed by atoms with Crippen LogP contribution in [0.5, 0.6) is 0 Å². The van der Waals surface area contributed by atoms with E-state index in [1.165, 1.54) is 12.1 Å². The average molecular weight is 334 g/mol. The van der Waals surface area contributed by atoms with Gasteiger partial charge in [0.15, 0.2) is 0 Å². The molecule has 2 aromatic carbocycles. The number of rotatable bonds is 3. The third kappa shape index (κ3) is 3.43. The predicted molar refractivity (Wildman–Crippen MR) is 74.4 cm³/mol. The molecule has 0 atom stereocenters. The topological polar surface area (TPSA) is 50.1 Å². The lowest BCUT2D eigenvalue weighted by molar-refractivity contribution is 0.0467. The number of carbonyl (C=O) groups excluding carboxylic acids is 1. The quantitative estimate of drug-likeness (QED) is 0.802. The normalized spacial score (nSPS) is 9.85. The standard InChI is InChI=1S/C15H9BrFNO2/c16-12-5-6-13(14(17)7-12)15(19)20-9-11-3-1-10(8-18)2-4-11/h1-7H,9H2. The van der Waals surface area contributed by atoms with E-state index in [9.17, 15) is 9.18 Å². The van der Waals surface area contributed by atoms with Crippen molar-refractivity contribution in [1.82, 2.24) is 0 Å². The third-order valence-electron chi connectivity index (χ3n) is 2.60. The van der Waals surface area contributed by atoms with Crippen LogP contribution in [0.25, 0.3) is 0 Å². The van der Waals surface area contributed by atoms with Crippen LogP contribution in [0.1, 0.15) is 21.5 Å². The molecule has 0 radical (unpaired) electrons. The molecule has 5 heteroatoms. The average Bonchev–Trinajstić information content (AvgIpc) is 2.45. The van der Waals surface area contributed by atoms with Crippen LogP contribution in [0.3, 0.4) is 0 Å². The molecule has 3 nitrogen and oxygen atoms in total. The maximum atomic E-state index is 13.6. The number of hydrogen-bond donors (Lipinski definition) is 0. The van der Waals surface area contributed by atoms with Crippen LogP contribution >= 0.6 is 15.9 Å². The molecule has 0 aliphatic rings. The number of esters is 1. The van der Waals surface area contributed by atoms with E-state index in [0.29, 0.717) is 10.0 Å². The van der Waals surface area contributed by atoms with E-state index in [4.69, 9.17) is 10.00 Å². The van der Waals surface area contributed by atoms with Gasteiger partial charge in [-0.25, -0.2) is 9.18 Å². The molecule has 0 aliphatic heterocycles. The minimum absolute atomic E-state index is 0.0278. The van der Waals surface area contributed by atoms with Gasteiger partial charge >= 0.3 is 5.97 Å². The smallest absolute Gasteiger partial charge is 0.341 e. The van der Waals surface area contributed by atoms with Crippen molar-refractivity contribution in [2.75, 3.05) is 0 Å². The maximum absolute atomic E-state index is 13.6. The second kappa shape index (κ2) is 6.31. The molecule has 0 saturated carbocycles. The summed E-state index contributed by atoms with van der Waals surface area (Å²) < 4.78 is 19.1. The van der Waals surface area contributed by atoms with Gasteiger partial charge in [0.25, 0.3) is 0 Å². The molecule has 0 spiro atoms. The van der Waals surface area contributed by atoms with Gasteiger partial charge in [0.1, 0.15) is 12.4 Å². The van der Waals surface area contributed by atoms with Crippen LogP contribution in [-0.4, -0.2) is 5.97 Å². The monoisotopic (exact) mass is 333 g/mol. The minimum atomic E-state index is -0.723. The SMILES string of the molecule is N#Cc1ccc(COC(=O)c2ccc(Br)cc2F)cc1. The largest absolute Gasteiger partial charge is 0.457 e. The number of benzene rings is 2. The van der Waals surface area contributed by atoms with Crippen molar-refractivity contribution in [3.63, 3.8) is 0 Å². The van der Waals surface area contributed by atoms with Gasteiger partial charge in [0.05, 0.1) is 17.2 Å². The Morgan fingerprint density at radius 2 is 1.95 bits per heavy atom. The van der Waals surface area contributed by atoms with E-state index < -0.39 is 11.8 Å². The minimum Gasteiger partial charge on any atom is -0.457 e. The summed E-state index contributed by atoms with van der Waals surface area (Å²) in [7, 11) is 0. The van der Waals surface area contributed by atoms with Crippen molar-refractivity contribution in [3.8, 4) is 6.07 Å². The highest BCUT2D eigenvalue weighted by atomic mass is 79.9. The van der Waals surface area contributed by atoms with Crippen molar-refractivity contribution in [3.05, 3.63) is 69.4 Å². The van der Waals surface area contributed by atoms with Crippen LogP contribution < -0.4 is 0 Å². The van der Waals surface area contributed by atoms with Gasteiger partial charge in [-0.2, -0.15) is 5.26 Å². The molecule has 0 aromatic heterocycles. The fourth-order valence-corrected chi connectivity index (χ4v) is 1.89. The Hall–Kier alpha value is -2.19. The highest BCUT2D eigenvalue weighted by Crippen LogP contribution is 2.16. The lowest BCUT2D eigenvalue weighted by Gasteiger charge is -2.06. The predicted octanol–water partition coefficient (Wildman–Crippen LogP) is 3.82. The maximum Gasteiger partial charge on any atom is 0.341 e. The Kier molecular flexibility index (Phi) is 4.49. The van der Waals surface area contributed by atoms with E-state index in [0.717, 1.165) is 5.56 Å². The number of hydrogen-bond acceptors (Lipinski definition) is 3. The van der Waals surface area contributed by atoms with E-state index in [1.807, 2.05) is 6.07 Å². The summed E-state index contributed by atoms with van der Waals surface area (Å²) in [6, 6.07) is 12.8. The summed E-state index contributed by atoms with van der Waals surface area (Å²) in [5, 5.41) is 8.67. The van der Waals surface area contributed by atoms with E-state index in [-0.39, 0.29) is 12.2 Å². The summed E-state index contributed by atoms with van der Waals surface area (Å²) in [5.74, 6) is -1.36. The second-order valence-electron chi connectivity index (χ2n) is 4.01. The molecule has 0 amide bonds. The van der Waals surface area contributed by atoms with Gasteiger partial charge in [0, 0.05) is 4.47 Å². The highest BCUT2D eigenvalue weighted by Gasteiger charge is 2.13. The first-order valence-electron chi connectivity index (χ1n) is 5.71. The van der Waals surface area contributed by atoms with Gasteiger partial charge in [-0.3, -0.25) is 0 Å². The number of halogens is 2. The van der Waals surface area contributed by atoms with E-state index >= 15 is 0 Å². The molecule has 2 rings (SSSR count). The Labute approximate surface area is 123 Å². The first-order chi connectivity index (χ1) is 9.60. The summed E-state index contributed by atoms with van der Waals surface area (Å²) in [5.41, 5.74) is 1.15. The zero-order chi connectivity index (χ0) is 14.5. The molecule has 0 saturated heterocycles. The second-order valence-corrected chi connectivity index (χ2v) is 4.92. The van der Waals surface area contributed by atoms with Crippen LogP contribution in [0, 0.1) is 17.1 Å². The molecule has 100 valence electrons. The summed E-state index contributed by atoms with van der Waals surface area (Å²) in [4.78, 5) is 11.7. The molecule has 0 aliphatic carbocycles. The molecular weight excluding hydrogens is 325 g/mol. The lowest BCUT2D eigenvalue weighted by Crippen LogP contribution is -2.07. The zero-order valence-corrected chi connectivity index (χ0v) is 11.9. The Balaban J connectivity index is 2.03. The molecule has 0 heterocycles. The Morgan fingerprint density at radius 3 is 2.55 bits per heavy atom. The zero-order valence-electron chi connectivity index (χ0n) is 10.3. The number of nitriles is 1. The highest BCUT2D eigenvalue weighted by molar-refractivity contribution is 9.10. The van der Waals surface area contributed by atoms with E-state index in [2.05, 4.69) is 15.9 Å². The Bertz CT molecular complexity index is 677. The molecule has 0 N–H and O–H groups in total. The van der Waals surface area contributed by atoms with Crippen molar-refractivity contribution in [1.29, 1.82) is 5.26 Å². The molecule has 0 unspecified atom stereocenters. The Morgan fingerprint density at radius 1 is 1.25 bits per heavy atom. The summed E-state index contributed by atoms with van der Waals surface area (Å²) in [6.45, 7) is 0.0278. The molecule has 20 heavy (non-hydrogen) atoms. The van der Waals surface area contributed by atoms with Gasteiger partial charge in [-0.05, 0) is 35.9 Å². The molecule has 0 fully saturated rings. The van der Waals surface area contributed by atoms with E-state index in [1.54, 1.807) is 30.3 Å². The fourth-order valence-electron chi connectivity index (χ4n) is 1.56. The van der Waals surface area contributed by atoms with Crippen LogP contribution in [0.4, 0.5) is 4.39 Å².